The van der Waals surface area contributed by atoms with Crippen molar-refractivity contribution in [3.8, 4) is 0 Å². The van der Waals surface area contributed by atoms with Gasteiger partial charge >= 0.3 is 0 Å². The van der Waals surface area contributed by atoms with Gasteiger partial charge in [0.1, 0.15) is 5.01 Å². The maximum Gasteiger partial charge on any atom is 0.258 e. The van der Waals surface area contributed by atoms with Crippen molar-refractivity contribution in [2.24, 2.45) is 0 Å². The average Bonchev–Trinajstić information content (AvgIpc) is 3.07. The van der Waals surface area contributed by atoms with Crippen LogP contribution in [0.25, 0.3) is 0 Å². The van der Waals surface area contributed by atoms with Crippen LogP contribution in [0.1, 0.15) is 55.4 Å². The fourth-order valence-electron chi connectivity index (χ4n) is 2.38. The molecule has 0 bridgehead atoms. The summed E-state index contributed by atoms with van der Waals surface area (Å²) >= 11 is 2.76. The maximum absolute atomic E-state index is 12.6. The van der Waals surface area contributed by atoms with Gasteiger partial charge in [-0.3, -0.25) is 14.9 Å². The molecule has 0 aliphatic rings. The molecule has 8 heteroatoms. The predicted octanol–water partition coefficient (Wildman–Crippen LogP) is 4.14. The molecule has 0 aliphatic carbocycles. The highest BCUT2D eigenvalue weighted by Crippen LogP contribution is 2.24. The number of carbonyl (C=O) groups excluding carboxylic acids is 2. The Balaban J connectivity index is 1.97. The highest BCUT2D eigenvalue weighted by atomic mass is 32.2. The Labute approximate surface area is 168 Å². The first-order chi connectivity index (χ1) is 13.0. The molecule has 0 radical (unpaired) electrons. The summed E-state index contributed by atoms with van der Waals surface area (Å²) in [6.07, 6.45) is 4.29. The fraction of sp³-hybridized carbons (Fsp3) is 0.474. The Morgan fingerprint density at radius 3 is 2.70 bits per heavy atom. The monoisotopic (exact) mass is 406 g/mol. The van der Waals surface area contributed by atoms with Crippen LogP contribution < -0.4 is 10.6 Å². The molecule has 0 aliphatic heterocycles. The highest BCUT2D eigenvalue weighted by molar-refractivity contribution is 8.00. The number of amides is 2. The van der Waals surface area contributed by atoms with Crippen molar-refractivity contribution in [2.45, 2.75) is 57.4 Å². The summed E-state index contributed by atoms with van der Waals surface area (Å²) in [5.41, 5.74) is 0.530. The van der Waals surface area contributed by atoms with Crippen LogP contribution in [0, 0.1) is 0 Å². The van der Waals surface area contributed by atoms with Crippen LogP contribution in [0.5, 0.6) is 0 Å². The van der Waals surface area contributed by atoms with E-state index in [9.17, 15) is 9.59 Å². The molecule has 1 heterocycles. The van der Waals surface area contributed by atoms with E-state index < -0.39 is 0 Å². The second kappa shape index (κ2) is 11.0. The molecule has 1 aromatic heterocycles. The summed E-state index contributed by atoms with van der Waals surface area (Å²) in [7, 11) is 0. The zero-order chi connectivity index (χ0) is 19.6. The number of nitrogens with zero attached hydrogens (tertiary/aromatic N) is 2. The van der Waals surface area contributed by atoms with E-state index in [0.717, 1.165) is 35.6 Å². The molecule has 146 valence electrons. The number of unbranched alkanes of at least 4 members (excludes halogenated alkanes) is 2. The number of carbonyl (C=O) groups is 2. The van der Waals surface area contributed by atoms with Crippen molar-refractivity contribution in [2.75, 3.05) is 11.1 Å². The van der Waals surface area contributed by atoms with Gasteiger partial charge in [-0.05, 0) is 32.4 Å². The molecule has 6 nitrogen and oxygen atoms in total. The molecule has 2 amide bonds. The Hall–Kier alpha value is -1.93. The Bertz CT molecular complexity index is 762. The third-order valence-corrected chi connectivity index (χ3v) is 5.59. The van der Waals surface area contributed by atoms with Crippen LogP contribution in [0.3, 0.4) is 0 Å². The molecule has 0 fully saturated rings. The Kier molecular flexibility index (Phi) is 8.74. The minimum atomic E-state index is -0.237. The van der Waals surface area contributed by atoms with Crippen molar-refractivity contribution >= 4 is 40.0 Å². The first-order valence-corrected chi connectivity index (χ1v) is 10.9. The third kappa shape index (κ3) is 7.30. The van der Waals surface area contributed by atoms with Crippen LogP contribution in [0.15, 0.2) is 29.2 Å². The van der Waals surface area contributed by atoms with Crippen LogP contribution in [0.4, 0.5) is 5.13 Å². The van der Waals surface area contributed by atoms with Crippen molar-refractivity contribution in [1.82, 2.24) is 15.5 Å². The van der Waals surface area contributed by atoms with E-state index in [1.807, 2.05) is 32.0 Å². The van der Waals surface area contributed by atoms with Gasteiger partial charge < -0.3 is 5.32 Å². The van der Waals surface area contributed by atoms with Crippen LogP contribution in [0.2, 0.25) is 0 Å². The van der Waals surface area contributed by atoms with Crippen molar-refractivity contribution in [3.05, 3.63) is 34.8 Å². The number of thioether (sulfide) groups is 1. The quantitative estimate of drug-likeness (QED) is 0.458. The summed E-state index contributed by atoms with van der Waals surface area (Å²) in [6.45, 7) is 6.00. The van der Waals surface area contributed by atoms with Crippen LogP contribution in [-0.2, 0) is 11.2 Å². The largest absolute Gasteiger partial charge is 0.353 e. The molecule has 0 spiro atoms. The van der Waals surface area contributed by atoms with Gasteiger partial charge in [0.05, 0.1) is 11.3 Å². The number of anilines is 1. The molecule has 1 aromatic carbocycles. The predicted molar refractivity (Wildman–Crippen MR) is 112 cm³/mol. The normalized spacial score (nSPS) is 10.8. The number of aromatic nitrogens is 2. The van der Waals surface area contributed by atoms with Crippen molar-refractivity contribution in [3.63, 3.8) is 0 Å². The first-order valence-electron chi connectivity index (χ1n) is 9.14. The van der Waals surface area contributed by atoms with Crippen molar-refractivity contribution < 1.29 is 9.59 Å². The van der Waals surface area contributed by atoms with Gasteiger partial charge in [0.2, 0.25) is 11.0 Å². The lowest BCUT2D eigenvalue weighted by molar-refractivity contribution is -0.119. The number of hydrogen-bond donors (Lipinski definition) is 2. The number of nitrogens with one attached hydrogen (secondary N) is 2. The number of rotatable bonds is 10. The Morgan fingerprint density at radius 2 is 1.96 bits per heavy atom. The average molecular weight is 407 g/mol. The van der Waals surface area contributed by atoms with Gasteiger partial charge in [-0.2, -0.15) is 0 Å². The highest BCUT2D eigenvalue weighted by Gasteiger charge is 2.15. The van der Waals surface area contributed by atoms with E-state index in [1.54, 1.807) is 6.07 Å². The van der Waals surface area contributed by atoms with Gasteiger partial charge in [0.25, 0.3) is 5.91 Å². The molecule has 0 saturated heterocycles. The van der Waals surface area contributed by atoms with E-state index in [4.69, 9.17) is 0 Å². The summed E-state index contributed by atoms with van der Waals surface area (Å²) in [4.78, 5) is 25.3. The van der Waals surface area contributed by atoms with Crippen LogP contribution in [-0.4, -0.2) is 33.8 Å². The van der Waals surface area contributed by atoms with Crippen molar-refractivity contribution in [1.29, 1.82) is 0 Å². The minimum absolute atomic E-state index is 0.0499. The molecular weight excluding hydrogens is 380 g/mol. The van der Waals surface area contributed by atoms with E-state index in [-0.39, 0.29) is 23.6 Å². The number of aryl methyl sites for hydroxylation is 1. The smallest absolute Gasteiger partial charge is 0.258 e. The molecular formula is C19H26N4O2S2. The molecule has 0 saturated carbocycles. The fourth-order valence-corrected chi connectivity index (χ4v) is 4.02. The lowest BCUT2D eigenvalue weighted by Gasteiger charge is -2.10. The molecule has 2 rings (SSSR count). The first kappa shape index (κ1) is 21.4. The standard InChI is InChI=1S/C19H26N4O2S2/c1-4-5-6-11-17-22-23-19(27-17)21-18(25)14-9-7-8-10-15(14)26-12-16(24)20-13(2)3/h7-10,13H,4-6,11-12H2,1-3H3,(H,20,24)(H,21,23,25). The van der Waals surface area contributed by atoms with Crippen LogP contribution >= 0.6 is 23.1 Å². The zero-order valence-electron chi connectivity index (χ0n) is 15.9. The van der Waals surface area contributed by atoms with E-state index in [0.29, 0.717) is 10.7 Å². The summed E-state index contributed by atoms with van der Waals surface area (Å²) in [5.74, 6) is -0.0206. The molecule has 0 atom stereocenters. The second-order valence-electron chi connectivity index (χ2n) is 6.42. The van der Waals surface area contributed by atoms with E-state index in [1.165, 1.54) is 23.1 Å². The molecule has 0 unspecified atom stereocenters. The van der Waals surface area contributed by atoms with Gasteiger partial charge in [0, 0.05) is 17.4 Å². The number of benzene rings is 1. The lowest BCUT2D eigenvalue weighted by Crippen LogP contribution is -2.31. The van der Waals surface area contributed by atoms with Gasteiger partial charge in [-0.15, -0.1) is 22.0 Å². The Morgan fingerprint density at radius 1 is 1.19 bits per heavy atom. The second-order valence-corrected chi connectivity index (χ2v) is 8.50. The third-order valence-electron chi connectivity index (χ3n) is 3.62. The molecule has 2 aromatic rings. The lowest BCUT2D eigenvalue weighted by atomic mass is 10.2. The summed E-state index contributed by atoms with van der Waals surface area (Å²) in [5, 5.41) is 15.3. The maximum atomic E-state index is 12.6. The van der Waals surface area contributed by atoms with Gasteiger partial charge in [0.15, 0.2) is 0 Å². The summed E-state index contributed by atoms with van der Waals surface area (Å²) < 4.78 is 0. The zero-order valence-corrected chi connectivity index (χ0v) is 17.6. The van der Waals surface area contributed by atoms with E-state index >= 15 is 0 Å². The molecule has 2 N–H and O–H groups in total. The summed E-state index contributed by atoms with van der Waals surface area (Å²) in [6, 6.07) is 7.36. The van der Waals surface area contributed by atoms with Gasteiger partial charge in [-0.25, -0.2) is 0 Å². The molecule has 27 heavy (non-hydrogen) atoms. The van der Waals surface area contributed by atoms with Gasteiger partial charge in [-0.1, -0.05) is 43.2 Å². The number of hydrogen-bond acceptors (Lipinski definition) is 6. The van der Waals surface area contributed by atoms with E-state index in [2.05, 4.69) is 27.8 Å². The minimum Gasteiger partial charge on any atom is -0.353 e. The SMILES string of the molecule is CCCCCc1nnc(NC(=O)c2ccccc2SCC(=O)NC(C)C)s1. The topological polar surface area (TPSA) is 84.0 Å².